The Balaban J connectivity index is 2.29. The van der Waals surface area contributed by atoms with Crippen LogP contribution >= 0.6 is 22.3 Å². The second kappa shape index (κ2) is 5.89. The van der Waals surface area contributed by atoms with Crippen LogP contribution in [0.25, 0.3) is 0 Å². The maximum atomic E-state index is 12.3. The zero-order valence-corrected chi connectivity index (χ0v) is 13.0. The van der Waals surface area contributed by atoms with Gasteiger partial charge in [-0.25, -0.2) is 8.42 Å². The molecule has 1 aromatic carbocycles. The summed E-state index contributed by atoms with van der Waals surface area (Å²) in [5.74, 6) is -0.284. The largest absolute Gasteiger partial charge is 0.380 e. The van der Waals surface area contributed by atoms with Gasteiger partial charge in [0.05, 0.1) is 11.0 Å². The molecule has 1 atom stereocenters. The molecule has 110 valence electrons. The Morgan fingerprint density at radius 2 is 2.10 bits per heavy atom. The van der Waals surface area contributed by atoms with Crippen LogP contribution in [0.1, 0.15) is 16.8 Å². The van der Waals surface area contributed by atoms with Gasteiger partial charge in [0.15, 0.2) is 0 Å². The molecule has 0 radical (unpaired) electrons. The average Bonchev–Trinajstić information content (AvgIpc) is 2.84. The molecular formula is C12H13Cl2NO4S. The molecule has 1 aliphatic rings. The smallest absolute Gasteiger partial charge is 0.261 e. The minimum atomic E-state index is -3.93. The Kier molecular flexibility index (Phi) is 4.59. The molecule has 2 rings (SSSR count). The Bertz CT molecular complexity index is 632. The number of amides is 1. The van der Waals surface area contributed by atoms with E-state index in [0.717, 1.165) is 6.42 Å². The van der Waals surface area contributed by atoms with Gasteiger partial charge < -0.3 is 9.64 Å². The number of rotatable bonds is 3. The third-order valence-corrected chi connectivity index (χ3v) is 4.72. The van der Waals surface area contributed by atoms with Crippen molar-refractivity contribution in [2.45, 2.75) is 17.4 Å². The molecule has 1 amide bonds. The van der Waals surface area contributed by atoms with Gasteiger partial charge in [0.1, 0.15) is 0 Å². The zero-order valence-electron chi connectivity index (χ0n) is 10.7. The SMILES string of the molecule is CO[C@@H]1CCN(C(=O)c2cc(Cl)cc(S(=O)(=O)Cl)c2)C1. The number of benzene rings is 1. The molecule has 20 heavy (non-hydrogen) atoms. The van der Waals surface area contributed by atoms with E-state index in [1.165, 1.54) is 18.2 Å². The predicted octanol–water partition coefficient (Wildman–Crippen LogP) is 2.13. The van der Waals surface area contributed by atoms with Crippen molar-refractivity contribution in [2.24, 2.45) is 0 Å². The van der Waals surface area contributed by atoms with Gasteiger partial charge in [-0.3, -0.25) is 4.79 Å². The molecule has 1 fully saturated rings. The summed E-state index contributed by atoms with van der Waals surface area (Å²) in [4.78, 5) is 13.7. The second-order valence-corrected chi connectivity index (χ2v) is 7.51. The van der Waals surface area contributed by atoms with Crippen LogP contribution in [0.2, 0.25) is 5.02 Å². The van der Waals surface area contributed by atoms with Crippen molar-refractivity contribution in [3.05, 3.63) is 28.8 Å². The Hall–Kier alpha value is -0.820. The van der Waals surface area contributed by atoms with Gasteiger partial charge in [-0.1, -0.05) is 11.6 Å². The lowest BCUT2D eigenvalue weighted by Gasteiger charge is -2.16. The van der Waals surface area contributed by atoms with Crippen LogP contribution in [0.15, 0.2) is 23.1 Å². The number of nitrogens with zero attached hydrogens (tertiary/aromatic N) is 1. The van der Waals surface area contributed by atoms with Crippen molar-refractivity contribution in [2.75, 3.05) is 20.2 Å². The molecule has 1 heterocycles. The van der Waals surface area contributed by atoms with Crippen molar-refractivity contribution < 1.29 is 17.9 Å². The van der Waals surface area contributed by atoms with Crippen molar-refractivity contribution in [3.63, 3.8) is 0 Å². The highest BCUT2D eigenvalue weighted by molar-refractivity contribution is 8.13. The highest BCUT2D eigenvalue weighted by Crippen LogP contribution is 2.24. The molecule has 1 aliphatic heterocycles. The van der Waals surface area contributed by atoms with Crippen LogP contribution in [0, 0.1) is 0 Å². The molecule has 0 aliphatic carbocycles. The number of carbonyl (C=O) groups is 1. The monoisotopic (exact) mass is 337 g/mol. The fourth-order valence-corrected chi connectivity index (χ4v) is 3.22. The number of hydrogen-bond acceptors (Lipinski definition) is 4. The minimum absolute atomic E-state index is 0.00867. The fourth-order valence-electron chi connectivity index (χ4n) is 2.11. The van der Waals surface area contributed by atoms with Crippen LogP contribution in [0.5, 0.6) is 0 Å². The summed E-state index contributed by atoms with van der Waals surface area (Å²) in [5.41, 5.74) is 0.202. The van der Waals surface area contributed by atoms with Gasteiger partial charge in [0, 0.05) is 41.5 Å². The third kappa shape index (κ3) is 3.44. The minimum Gasteiger partial charge on any atom is -0.380 e. The first kappa shape index (κ1) is 15.6. The molecule has 0 bridgehead atoms. The zero-order chi connectivity index (χ0) is 14.9. The van der Waals surface area contributed by atoms with E-state index in [-0.39, 0.29) is 27.5 Å². The number of likely N-dealkylation sites (tertiary alicyclic amines) is 1. The lowest BCUT2D eigenvalue weighted by atomic mass is 10.2. The molecule has 5 nitrogen and oxygen atoms in total. The van der Waals surface area contributed by atoms with E-state index in [4.69, 9.17) is 27.0 Å². The van der Waals surface area contributed by atoms with Crippen LogP contribution in [-0.4, -0.2) is 45.5 Å². The van der Waals surface area contributed by atoms with Crippen molar-refractivity contribution in [1.29, 1.82) is 0 Å². The van der Waals surface area contributed by atoms with Gasteiger partial charge >= 0.3 is 0 Å². The first-order valence-corrected chi connectivity index (χ1v) is 8.57. The van der Waals surface area contributed by atoms with Gasteiger partial charge in [0.2, 0.25) is 0 Å². The van der Waals surface area contributed by atoms with E-state index in [2.05, 4.69) is 0 Å². The Morgan fingerprint density at radius 3 is 2.65 bits per heavy atom. The molecule has 0 saturated carbocycles. The number of hydrogen-bond donors (Lipinski definition) is 0. The van der Waals surface area contributed by atoms with Crippen LogP contribution < -0.4 is 0 Å². The number of carbonyl (C=O) groups excluding carboxylic acids is 1. The molecule has 8 heteroatoms. The number of halogens is 2. The van der Waals surface area contributed by atoms with Gasteiger partial charge in [-0.05, 0) is 24.6 Å². The van der Waals surface area contributed by atoms with Crippen LogP contribution in [-0.2, 0) is 13.8 Å². The third-order valence-electron chi connectivity index (χ3n) is 3.17. The lowest BCUT2D eigenvalue weighted by molar-refractivity contribution is 0.0724. The lowest BCUT2D eigenvalue weighted by Crippen LogP contribution is -2.30. The van der Waals surface area contributed by atoms with Gasteiger partial charge in [0.25, 0.3) is 15.0 Å². The van der Waals surface area contributed by atoms with E-state index in [1.807, 2.05) is 0 Å². The van der Waals surface area contributed by atoms with Crippen molar-refractivity contribution >= 4 is 37.2 Å². The first-order valence-electron chi connectivity index (χ1n) is 5.88. The van der Waals surface area contributed by atoms with E-state index < -0.39 is 9.05 Å². The molecule has 1 saturated heterocycles. The second-order valence-electron chi connectivity index (χ2n) is 4.51. The van der Waals surface area contributed by atoms with Gasteiger partial charge in [-0.15, -0.1) is 0 Å². The summed E-state index contributed by atoms with van der Waals surface area (Å²) in [6, 6.07) is 3.87. The Morgan fingerprint density at radius 1 is 1.40 bits per heavy atom. The maximum Gasteiger partial charge on any atom is 0.261 e. The van der Waals surface area contributed by atoms with Gasteiger partial charge in [-0.2, -0.15) is 0 Å². The van der Waals surface area contributed by atoms with E-state index >= 15 is 0 Å². The summed E-state index contributed by atoms with van der Waals surface area (Å²) in [6.45, 7) is 1.04. The van der Waals surface area contributed by atoms with E-state index in [9.17, 15) is 13.2 Å². The summed E-state index contributed by atoms with van der Waals surface area (Å²) in [5, 5.41) is 0.151. The summed E-state index contributed by atoms with van der Waals surface area (Å²) >= 11 is 5.84. The normalized spacial score (nSPS) is 19.4. The highest BCUT2D eigenvalue weighted by Gasteiger charge is 2.27. The molecule has 0 unspecified atom stereocenters. The summed E-state index contributed by atoms with van der Waals surface area (Å²) in [7, 11) is 2.95. The summed E-state index contributed by atoms with van der Waals surface area (Å²) < 4.78 is 27.9. The topological polar surface area (TPSA) is 63.7 Å². The molecule has 0 aromatic heterocycles. The van der Waals surface area contributed by atoms with Crippen molar-refractivity contribution in [3.8, 4) is 0 Å². The molecule has 1 aromatic rings. The maximum absolute atomic E-state index is 12.3. The Labute approximate surface area is 126 Å². The standard InChI is InChI=1S/C12H13Cl2NO4S/c1-19-10-2-3-15(7-10)12(16)8-4-9(13)6-11(5-8)20(14,17)18/h4-6,10H,2-3,7H2,1H3/t10-/m1/s1. The molecule has 0 spiro atoms. The highest BCUT2D eigenvalue weighted by atomic mass is 35.7. The van der Waals surface area contributed by atoms with Crippen LogP contribution in [0.3, 0.4) is 0 Å². The molecular weight excluding hydrogens is 325 g/mol. The van der Waals surface area contributed by atoms with E-state index in [0.29, 0.717) is 13.1 Å². The predicted molar refractivity (Wildman–Crippen MR) is 75.8 cm³/mol. The number of methoxy groups -OCH3 is 1. The summed E-state index contributed by atoms with van der Waals surface area (Å²) in [6.07, 6.45) is 0.762. The quantitative estimate of drug-likeness (QED) is 0.792. The average molecular weight is 338 g/mol. The molecule has 0 N–H and O–H groups in total. The number of ether oxygens (including phenoxy) is 1. The first-order chi connectivity index (χ1) is 9.31. The van der Waals surface area contributed by atoms with E-state index in [1.54, 1.807) is 12.0 Å². The fraction of sp³-hybridized carbons (Fsp3) is 0.417. The van der Waals surface area contributed by atoms with Crippen molar-refractivity contribution in [1.82, 2.24) is 4.90 Å². The van der Waals surface area contributed by atoms with Crippen LogP contribution in [0.4, 0.5) is 0 Å².